The Labute approximate surface area is 288 Å². The third kappa shape index (κ3) is 13.4. The molecule has 2 aliphatic rings. The Kier molecular flexibility index (Phi) is 25.5. The highest BCUT2D eigenvalue weighted by atomic mass is 16.4. The highest BCUT2D eigenvalue weighted by molar-refractivity contribution is 5.85. The van der Waals surface area contributed by atoms with Crippen molar-refractivity contribution in [2.24, 2.45) is 11.8 Å². The van der Waals surface area contributed by atoms with E-state index >= 15 is 0 Å². The summed E-state index contributed by atoms with van der Waals surface area (Å²) in [5.74, 6) is 0.305. The van der Waals surface area contributed by atoms with Gasteiger partial charge in [-0.3, -0.25) is 13.9 Å². The molecule has 0 bridgehead atoms. The first kappa shape index (κ1) is 45.1. The third-order valence-electron chi connectivity index (χ3n) is 7.79. The lowest BCUT2D eigenvalue weighted by molar-refractivity contribution is -0.131. The molecule has 0 aliphatic heterocycles. The number of carbonyl (C=O) groups is 1. The van der Waals surface area contributed by atoms with Crippen LogP contribution in [-0.2, 0) is 17.9 Å². The highest BCUT2D eigenvalue weighted by Gasteiger charge is 2.24. The predicted octanol–water partition coefficient (Wildman–Crippen LogP) is 9.62. The van der Waals surface area contributed by atoms with E-state index in [-0.39, 0.29) is 11.2 Å². The summed E-state index contributed by atoms with van der Waals surface area (Å²) >= 11 is 0. The van der Waals surface area contributed by atoms with Crippen molar-refractivity contribution < 1.29 is 9.90 Å². The molecule has 2 aliphatic carbocycles. The zero-order valence-corrected chi connectivity index (χ0v) is 29.1. The van der Waals surface area contributed by atoms with E-state index in [9.17, 15) is 14.4 Å². The number of nitrogens with one attached hydrogen (secondary N) is 1. The molecule has 2 saturated carbocycles. The number of H-pyrrole nitrogens is 1. The van der Waals surface area contributed by atoms with Crippen LogP contribution >= 0.6 is 0 Å². The Morgan fingerprint density at radius 2 is 1.17 bits per heavy atom. The average Bonchev–Trinajstić information content (AvgIpc) is 3.63. The fraction of sp³-hybridized carbons (Fsp3) is 0.350. The topological polar surface area (TPSA) is 110 Å². The molecule has 0 spiro atoms. The second-order valence-corrected chi connectivity index (χ2v) is 10.4. The van der Waals surface area contributed by atoms with Crippen LogP contribution in [0, 0.1) is 11.8 Å². The molecule has 0 atom stereocenters. The summed E-state index contributed by atoms with van der Waals surface area (Å²) in [7, 11) is 0. The van der Waals surface area contributed by atoms with Crippen molar-refractivity contribution in [3.05, 3.63) is 136 Å². The van der Waals surface area contributed by atoms with Gasteiger partial charge in [-0.25, -0.2) is 14.6 Å². The van der Waals surface area contributed by atoms with Crippen molar-refractivity contribution in [3.63, 3.8) is 0 Å². The molecule has 2 fully saturated rings. The second kappa shape index (κ2) is 27.2. The van der Waals surface area contributed by atoms with E-state index in [2.05, 4.69) is 83.9 Å². The van der Waals surface area contributed by atoms with E-state index < -0.39 is 5.97 Å². The molecule has 5 rings (SSSR count). The number of aliphatic carboxylic acids is 1. The van der Waals surface area contributed by atoms with Crippen molar-refractivity contribution in [2.45, 2.75) is 77.3 Å². The van der Waals surface area contributed by atoms with Crippen LogP contribution in [0.4, 0.5) is 0 Å². The minimum Gasteiger partial charge on any atom is -0.478 e. The number of nitrogens with zero attached hydrogens (tertiary/aromatic N) is 3. The van der Waals surface area contributed by atoms with Gasteiger partial charge in [0.2, 0.25) is 0 Å². The smallest absolute Gasteiger partial charge is 0.332 e. The number of carboxylic acid groups (broad SMARTS) is 1. The lowest BCUT2D eigenvalue weighted by Gasteiger charge is -2.24. The van der Waals surface area contributed by atoms with E-state index in [1.54, 1.807) is 16.7 Å². The number of rotatable bonds is 7. The molecule has 0 unspecified atom stereocenters. The lowest BCUT2D eigenvalue weighted by Crippen LogP contribution is -2.42. The molecular weight excluding hydrogens is 600 g/mol. The molecule has 0 saturated heterocycles. The van der Waals surface area contributed by atoms with Gasteiger partial charge in [-0.2, -0.15) is 0 Å². The molecule has 8 nitrogen and oxygen atoms in total. The molecule has 3 aromatic rings. The van der Waals surface area contributed by atoms with Crippen LogP contribution < -0.4 is 11.2 Å². The number of aromatic nitrogens is 4. The SMILES string of the molecule is C=C.C=C.C=C.C=C.C=C.C=C.O=C(O)C=Cc1ccc(-c2nc3c([nH]2)c(=O)n(CC2CCCCC2)c(=O)n3CC2CCCCC2)cc1. The van der Waals surface area contributed by atoms with Gasteiger partial charge in [0.1, 0.15) is 11.3 Å². The summed E-state index contributed by atoms with van der Waals surface area (Å²) in [6, 6.07) is 7.28. The van der Waals surface area contributed by atoms with Crippen LogP contribution in [-0.4, -0.2) is 30.2 Å². The summed E-state index contributed by atoms with van der Waals surface area (Å²) < 4.78 is 3.18. The quantitative estimate of drug-likeness (QED) is 0.194. The fourth-order valence-corrected chi connectivity index (χ4v) is 5.80. The van der Waals surface area contributed by atoms with Crippen molar-refractivity contribution in [3.8, 4) is 11.4 Å². The molecule has 0 radical (unpaired) electrons. The maximum Gasteiger partial charge on any atom is 0.332 e. The van der Waals surface area contributed by atoms with Gasteiger partial charge in [0.05, 0.1) is 0 Å². The summed E-state index contributed by atoms with van der Waals surface area (Å²) in [5, 5.41) is 8.84. The van der Waals surface area contributed by atoms with Crippen LogP contribution in [0.1, 0.15) is 69.8 Å². The molecule has 0 amide bonds. The Morgan fingerprint density at radius 1 is 0.729 bits per heavy atom. The first-order valence-corrected chi connectivity index (χ1v) is 16.2. The summed E-state index contributed by atoms with van der Waals surface area (Å²) in [5.41, 5.74) is 1.80. The molecule has 1 aromatic carbocycles. The van der Waals surface area contributed by atoms with E-state index in [4.69, 9.17) is 10.1 Å². The number of hydrogen-bond donors (Lipinski definition) is 2. The molecule has 8 heteroatoms. The standard InChI is InChI=1S/C28H34N4O4.6C2H4/c33-23(34)16-13-19-11-14-22(15-12-19)25-29-24-26(30-25)31(17-20-7-3-1-4-8-20)28(36)32(27(24)35)18-21-9-5-2-6-10-21;6*1-2/h11-16,20-21H,1-10,17-18H2,(H,29,30)(H,33,34);6*1-2H2. The van der Waals surface area contributed by atoms with Gasteiger partial charge in [-0.1, -0.05) is 62.8 Å². The number of fused-ring (bicyclic) bond motifs is 1. The number of imidazole rings is 1. The first-order chi connectivity index (χ1) is 23.5. The highest BCUT2D eigenvalue weighted by Crippen LogP contribution is 2.27. The number of carboxylic acids is 1. The van der Waals surface area contributed by atoms with Gasteiger partial charge in [-0.05, 0) is 49.2 Å². The van der Waals surface area contributed by atoms with Crippen LogP contribution in [0.3, 0.4) is 0 Å². The van der Waals surface area contributed by atoms with E-state index in [0.29, 0.717) is 41.9 Å². The van der Waals surface area contributed by atoms with Gasteiger partial charge < -0.3 is 10.1 Å². The normalized spacial score (nSPS) is 13.8. The van der Waals surface area contributed by atoms with Crippen molar-refractivity contribution >= 4 is 23.2 Å². The fourth-order valence-electron chi connectivity index (χ4n) is 5.80. The van der Waals surface area contributed by atoms with Gasteiger partial charge in [-0.15, -0.1) is 78.9 Å². The van der Waals surface area contributed by atoms with Crippen LogP contribution in [0.5, 0.6) is 0 Å². The monoisotopic (exact) mass is 658 g/mol. The van der Waals surface area contributed by atoms with Crippen molar-refractivity contribution in [1.29, 1.82) is 0 Å². The zero-order chi connectivity index (χ0) is 37.1. The minimum absolute atomic E-state index is 0.240. The van der Waals surface area contributed by atoms with Gasteiger partial charge in [0.15, 0.2) is 5.65 Å². The minimum atomic E-state index is -1.00. The summed E-state index contributed by atoms with van der Waals surface area (Å²) in [6.07, 6.45) is 14.1. The van der Waals surface area contributed by atoms with Gasteiger partial charge in [0.25, 0.3) is 5.56 Å². The largest absolute Gasteiger partial charge is 0.478 e. The molecular formula is C40H58N4O4. The van der Waals surface area contributed by atoms with Gasteiger partial charge >= 0.3 is 11.7 Å². The van der Waals surface area contributed by atoms with E-state index in [1.807, 2.05) is 12.1 Å². The molecule has 2 aromatic heterocycles. The first-order valence-electron chi connectivity index (χ1n) is 16.2. The summed E-state index contributed by atoms with van der Waals surface area (Å²) in [4.78, 5) is 46.0. The van der Waals surface area contributed by atoms with Crippen molar-refractivity contribution in [2.75, 3.05) is 0 Å². The van der Waals surface area contributed by atoms with Crippen LogP contribution in [0.25, 0.3) is 28.6 Å². The third-order valence-corrected chi connectivity index (χ3v) is 7.79. The number of aromatic amines is 1. The average molecular weight is 659 g/mol. The predicted molar refractivity (Wildman–Crippen MR) is 207 cm³/mol. The Bertz CT molecular complexity index is 1450. The Balaban J connectivity index is 0. The van der Waals surface area contributed by atoms with Crippen LogP contribution in [0.2, 0.25) is 0 Å². The molecule has 2 N–H and O–H groups in total. The maximum atomic E-state index is 13.7. The number of benzene rings is 1. The summed E-state index contributed by atoms with van der Waals surface area (Å²) in [6.45, 7) is 37.1. The second-order valence-electron chi connectivity index (χ2n) is 10.4. The van der Waals surface area contributed by atoms with Crippen LogP contribution in [0.15, 0.2) is 119 Å². The molecule has 262 valence electrons. The van der Waals surface area contributed by atoms with E-state index in [0.717, 1.165) is 55.7 Å². The Morgan fingerprint density at radius 3 is 1.60 bits per heavy atom. The Hall–Kier alpha value is -4.98. The molecule has 2 heterocycles. The zero-order valence-electron chi connectivity index (χ0n) is 29.1. The van der Waals surface area contributed by atoms with E-state index in [1.165, 1.54) is 36.3 Å². The maximum absolute atomic E-state index is 13.7. The van der Waals surface area contributed by atoms with Crippen molar-refractivity contribution in [1.82, 2.24) is 19.1 Å². The number of hydrogen-bond acceptors (Lipinski definition) is 4. The lowest BCUT2D eigenvalue weighted by atomic mass is 9.89. The molecule has 48 heavy (non-hydrogen) atoms. The van der Waals surface area contributed by atoms with Gasteiger partial charge in [0, 0.05) is 24.7 Å².